The second-order valence-electron chi connectivity index (χ2n) is 6.99. The molecular weight excluding hydrogens is 417 g/mol. The number of ether oxygens (including phenoxy) is 1. The maximum Gasteiger partial charge on any atom is 0.417 e. The molecule has 30 heavy (non-hydrogen) atoms. The minimum Gasteiger partial charge on any atom is -0.373 e. The Labute approximate surface area is 175 Å². The lowest BCUT2D eigenvalue weighted by molar-refractivity contribution is -0.137. The van der Waals surface area contributed by atoms with Gasteiger partial charge in [0, 0.05) is 31.5 Å². The van der Waals surface area contributed by atoms with Crippen LogP contribution >= 0.6 is 11.9 Å². The van der Waals surface area contributed by atoms with E-state index in [-0.39, 0.29) is 12.1 Å². The van der Waals surface area contributed by atoms with Gasteiger partial charge in [0.15, 0.2) is 5.82 Å². The molecule has 1 saturated heterocycles. The molecule has 3 aromatic rings. The van der Waals surface area contributed by atoms with Crippen LogP contribution in [0.5, 0.6) is 0 Å². The summed E-state index contributed by atoms with van der Waals surface area (Å²) in [6.45, 7) is 3.95. The Morgan fingerprint density at radius 1 is 1.27 bits per heavy atom. The van der Waals surface area contributed by atoms with Crippen molar-refractivity contribution in [1.82, 2.24) is 24.1 Å². The first-order valence-electron chi connectivity index (χ1n) is 9.39. The van der Waals surface area contributed by atoms with Crippen LogP contribution in [0.15, 0.2) is 36.8 Å². The van der Waals surface area contributed by atoms with Gasteiger partial charge in [0.25, 0.3) is 0 Å². The Kier molecular flexibility index (Phi) is 5.85. The zero-order chi connectivity index (χ0) is 21.3. The molecule has 0 saturated carbocycles. The zero-order valence-electron chi connectivity index (χ0n) is 16.4. The summed E-state index contributed by atoms with van der Waals surface area (Å²) >= 11 is 1.54. The highest BCUT2D eigenvalue weighted by atomic mass is 32.2. The molecule has 0 aromatic carbocycles. The number of nitrogens with zero attached hydrogens (tertiary/aromatic N) is 5. The van der Waals surface area contributed by atoms with E-state index in [1.807, 2.05) is 6.26 Å². The maximum atomic E-state index is 13.1. The second kappa shape index (κ2) is 8.40. The summed E-state index contributed by atoms with van der Waals surface area (Å²) in [5.41, 5.74) is 0.0484. The number of imidazole rings is 1. The maximum absolute atomic E-state index is 13.1. The van der Waals surface area contributed by atoms with E-state index in [0.717, 1.165) is 12.3 Å². The molecule has 160 valence electrons. The fourth-order valence-electron chi connectivity index (χ4n) is 3.41. The molecule has 0 bridgehead atoms. The van der Waals surface area contributed by atoms with Crippen molar-refractivity contribution >= 4 is 23.4 Å². The molecule has 1 aliphatic rings. The summed E-state index contributed by atoms with van der Waals surface area (Å²) < 4.78 is 49.9. The Bertz CT molecular complexity index is 1030. The van der Waals surface area contributed by atoms with Crippen molar-refractivity contribution in [2.24, 2.45) is 0 Å². The molecule has 4 heterocycles. The summed E-state index contributed by atoms with van der Waals surface area (Å²) in [4.78, 5) is 15.2. The number of halogens is 3. The first-order chi connectivity index (χ1) is 14.4. The van der Waals surface area contributed by atoms with Crippen molar-refractivity contribution in [3.63, 3.8) is 0 Å². The molecule has 7 nitrogen and oxygen atoms in total. The van der Waals surface area contributed by atoms with Crippen molar-refractivity contribution in [2.75, 3.05) is 30.9 Å². The van der Waals surface area contributed by atoms with Gasteiger partial charge in [-0.3, -0.25) is 9.12 Å². The smallest absolute Gasteiger partial charge is 0.373 e. The number of morpholine rings is 1. The summed E-state index contributed by atoms with van der Waals surface area (Å²) in [6, 6.07) is 4.30. The lowest BCUT2D eigenvalue weighted by Crippen LogP contribution is -2.50. The summed E-state index contributed by atoms with van der Waals surface area (Å²) in [7, 11) is 0. The number of aromatic nitrogens is 4. The van der Waals surface area contributed by atoms with E-state index in [2.05, 4.69) is 31.5 Å². The molecule has 1 N–H and O–H groups in total. The molecule has 1 aliphatic heterocycles. The molecule has 2 atom stereocenters. The third-order valence-electron chi connectivity index (χ3n) is 4.98. The van der Waals surface area contributed by atoms with Crippen molar-refractivity contribution < 1.29 is 17.9 Å². The number of hydrogen-bond donors (Lipinski definition) is 1. The van der Waals surface area contributed by atoms with Gasteiger partial charge in [0.1, 0.15) is 17.2 Å². The van der Waals surface area contributed by atoms with E-state index in [1.165, 1.54) is 16.7 Å². The minimum atomic E-state index is -4.44. The highest BCUT2D eigenvalue weighted by Crippen LogP contribution is 2.30. The Hall–Kier alpha value is -2.37. The summed E-state index contributed by atoms with van der Waals surface area (Å²) in [6.07, 6.45) is 1.64. The van der Waals surface area contributed by atoms with Crippen molar-refractivity contribution in [2.45, 2.75) is 25.2 Å². The Balaban J connectivity index is 1.64. The van der Waals surface area contributed by atoms with Gasteiger partial charge in [0.05, 0.1) is 24.5 Å². The van der Waals surface area contributed by atoms with Gasteiger partial charge in [-0.25, -0.2) is 15.0 Å². The lowest BCUT2D eigenvalue weighted by atomic mass is 10.1. The number of anilines is 1. The fourth-order valence-corrected chi connectivity index (χ4v) is 3.93. The fraction of sp³-hybridized carbons (Fsp3) is 0.421. The standard InChI is InChI=1S/C19H21F3N6OS/c1-12(26-30-2)15-11-27(7-8-29-15)17-5-6-23-18(25-17)14-9-24-16-4-3-13(10-28(14)16)19(20,21)22/h3-6,9-10,12,15,26H,7-8,11H2,1-2H3. The van der Waals surface area contributed by atoms with Crippen LogP contribution in [-0.2, 0) is 10.9 Å². The van der Waals surface area contributed by atoms with Crippen molar-refractivity contribution in [1.29, 1.82) is 0 Å². The van der Waals surface area contributed by atoms with E-state index in [0.29, 0.717) is 42.7 Å². The third-order valence-corrected chi connectivity index (χ3v) is 5.59. The van der Waals surface area contributed by atoms with E-state index < -0.39 is 11.7 Å². The molecule has 0 amide bonds. The highest BCUT2D eigenvalue weighted by Gasteiger charge is 2.31. The van der Waals surface area contributed by atoms with Crippen LogP contribution < -0.4 is 9.62 Å². The first-order valence-corrected chi connectivity index (χ1v) is 10.6. The van der Waals surface area contributed by atoms with Crippen molar-refractivity contribution in [3.8, 4) is 11.5 Å². The van der Waals surface area contributed by atoms with Gasteiger partial charge in [-0.15, -0.1) is 0 Å². The van der Waals surface area contributed by atoms with E-state index in [4.69, 9.17) is 4.74 Å². The van der Waals surface area contributed by atoms with Crippen LogP contribution in [0.4, 0.5) is 19.0 Å². The average molecular weight is 438 g/mol. The molecule has 0 aliphatic carbocycles. The van der Waals surface area contributed by atoms with E-state index in [1.54, 1.807) is 24.2 Å². The topological polar surface area (TPSA) is 67.6 Å². The first kappa shape index (κ1) is 20.9. The van der Waals surface area contributed by atoms with Crippen LogP contribution in [0.3, 0.4) is 0 Å². The van der Waals surface area contributed by atoms with Crippen LogP contribution in [0.1, 0.15) is 12.5 Å². The molecule has 11 heteroatoms. The molecule has 4 rings (SSSR count). The van der Waals surface area contributed by atoms with Gasteiger partial charge >= 0.3 is 6.18 Å². The van der Waals surface area contributed by atoms with Crippen LogP contribution in [0, 0.1) is 0 Å². The molecule has 2 unspecified atom stereocenters. The van der Waals surface area contributed by atoms with Crippen LogP contribution in [-0.4, -0.2) is 57.5 Å². The minimum absolute atomic E-state index is 0.00486. The zero-order valence-corrected chi connectivity index (χ0v) is 17.2. The number of pyridine rings is 1. The van der Waals surface area contributed by atoms with Crippen LogP contribution in [0.2, 0.25) is 0 Å². The molecule has 1 fully saturated rings. The predicted octanol–water partition coefficient (Wildman–Crippen LogP) is 3.27. The largest absolute Gasteiger partial charge is 0.417 e. The number of rotatable bonds is 5. The molecular formula is C19H21F3N6OS. The Morgan fingerprint density at radius 3 is 2.87 bits per heavy atom. The van der Waals surface area contributed by atoms with Gasteiger partial charge in [-0.1, -0.05) is 11.9 Å². The van der Waals surface area contributed by atoms with Gasteiger partial charge in [-0.05, 0) is 31.4 Å². The molecule has 0 radical (unpaired) electrons. The number of nitrogens with one attached hydrogen (secondary N) is 1. The number of alkyl halides is 3. The quantitative estimate of drug-likeness (QED) is 0.614. The van der Waals surface area contributed by atoms with Crippen LogP contribution in [0.25, 0.3) is 17.2 Å². The van der Waals surface area contributed by atoms with Gasteiger partial charge in [-0.2, -0.15) is 13.2 Å². The Morgan fingerprint density at radius 2 is 2.10 bits per heavy atom. The number of hydrogen-bond acceptors (Lipinski definition) is 7. The van der Waals surface area contributed by atoms with Gasteiger partial charge < -0.3 is 9.64 Å². The monoisotopic (exact) mass is 438 g/mol. The van der Waals surface area contributed by atoms with Crippen molar-refractivity contribution in [3.05, 3.63) is 42.4 Å². The third kappa shape index (κ3) is 4.23. The second-order valence-corrected chi connectivity index (χ2v) is 7.64. The van der Waals surface area contributed by atoms with E-state index in [9.17, 15) is 13.2 Å². The normalized spacial score (nSPS) is 18.7. The van der Waals surface area contributed by atoms with Gasteiger partial charge in [0.2, 0.25) is 0 Å². The van der Waals surface area contributed by atoms with E-state index >= 15 is 0 Å². The highest BCUT2D eigenvalue weighted by molar-refractivity contribution is 7.96. The SMILES string of the molecule is CSNC(C)C1CN(c2ccnc(-c3cnc4ccc(C(F)(F)F)cn34)n2)CCO1. The lowest BCUT2D eigenvalue weighted by Gasteiger charge is -2.36. The number of fused-ring (bicyclic) bond motifs is 1. The molecule has 3 aromatic heterocycles. The summed E-state index contributed by atoms with van der Waals surface area (Å²) in [5.74, 6) is 1.02. The molecule has 0 spiro atoms. The average Bonchev–Trinajstić information content (AvgIpc) is 3.17. The predicted molar refractivity (Wildman–Crippen MR) is 109 cm³/mol. The summed E-state index contributed by atoms with van der Waals surface area (Å²) in [5, 5.41) is 0.